The number of aromatic carboxylic acids is 1. The number of carboxylic acids is 1. The van der Waals surface area contributed by atoms with Crippen molar-refractivity contribution < 1.29 is 23.4 Å². The highest BCUT2D eigenvalue weighted by Gasteiger charge is 2.31. The van der Waals surface area contributed by atoms with Crippen LogP contribution < -0.4 is 0 Å². The molecule has 0 unspecified atom stereocenters. The molecule has 0 radical (unpaired) electrons. The Bertz CT molecular complexity index is 1190. The minimum absolute atomic E-state index is 0.0942. The van der Waals surface area contributed by atoms with Crippen molar-refractivity contribution in [2.75, 3.05) is 0 Å². The summed E-state index contributed by atoms with van der Waals surface area (Å²) in [4.78, 5) is 11.2. The van der Waals surface area contributed by atoms with Gasteiger partial charge in [0.2, 0.25) is 9.84 Å². The molecule has 0 spiro atoms. The number of allylic oxidation sites excluding steroid dienone is 1. The number of carboxylic acid groups (broad SMARTS) is 1. The van der Waals surface area contributed by atoms with Gasteiger partial charge in [-0.25, -0.2) is 13.2 Å². The van der Waals surface area contributed by atoms with Gasteiger partial charge < -0.3 is 10.2 Å². The van der Waals surface area contributed by atoms with Gasteiger partial charge in [-0.05, 0) is 40.7 Å². The molecular weight excluding hydrogens is 426 g/mol. The number of sulfone groups is 1. The van der Waals surface area contributed by atoms with Crippen molar-refractivity contribution in [3.8, 4) is 11.8 Å². The van der Waals surface area contributed by atoms with Crippen molar-refractivity contribution in [3.63, 3.8) is 0 Å². The highest BCUT2D eigenvalue weighted by molar-refractivity contribution is 8.00. The summed E-state index contributed by atoms with van der Waals surface area (Å²) in [5, 5.41) is 29.6. The molecule has 2 rings (SSSR count). The quantitative estimate of drug-likeness (QED) is 0.622. The third-order valence-electron chi connectivity index (χ3n) is 5.09. The Kier molecular flexibility index (Phi) is 6.91. The number of phenols is 1. The first kappa shape index (κ1) is 25.2. The normalized spacial score (nSPS) is 13.0. The lowest BCUT2D eigenvalue weighted by atomic mass is 9.78. The van der Waals surface area contributed by atoms with Crippen molar-refractivity contribution in [2.45, 2.75) is 63.7 Å². The fourth-order valence-corrected chi connectivity index (χ4v) is 5.11. The van der Waals surface area contributed by atoms with Gasteiger partial charge in [0.15, 0.2) is 0 Å². The lowest BCUT2D eigenvalue weighted by Gasteiger charge is -2.28. The van der Waals surface area contributed by atoms with Crippen molar-refractivity contribution >= 4 is 20.7 Å². The topological polar surface area (TPSA) is 115 Å². The maximum absolute atomic E-state index is 13.7. The summed E-state index contributed by atoms with van der Waals surface area (Å²) >= 11 is 0. The van der Waals surface area contributed by atoms with Gasteiger partial charge >= 0.3 is 5.97 Å². The number of benzene rings is 2. The molecule has 2 aromatic rings. The molecule has 0 saturated heterocycles. The molecule has 32 heavy (non-hydrogen) atoms. The zero-order valence-electron chi connectivity index (χ0n) is 19.2. The monoisotopic (exact) mass is 455 g/mol. The lowest BCUT2D eigenvalue weighted by Crippen LogP contribution is -2.19. The van der Waals surface area contributed by atoms with E-state index in [1.165, 1.54) is 30.3 Å². The first-order valence-electron chi connectivity index (χ1n) is 10.1. The minimum Gasteiger partial charge on any atom is -0.507 e. The van der Waals surface area contributed by atoms with E-state index in [1.807, 2.05) is 47.6 Å². The number of nitrogens with zero attached hydrogens (tertiary/aromatic N) is 1. The Morgan fingerprint density at radius 3 is 1.97 bits per heavy atom. The van der Waals surface area contributed by atoms with Crippen molar-refractivity contribution in [1.29, 1.82) is 5.26 Å². The number of hydrogen-bond acceptors (Lipinski definition) is 5. The van der Waals surface area contributed by atoms with Gasteiger partial charge in [0.05, 0.1) is 27.9 Å². The van der Waals surface area contributed by atoms with Gasteiger partial charge in [0, 0.05) is 11.1 Å². The molecule has 0 bridgehead atoms. The number of hydrogen-bond donors (Lipinski definition) is 2. The summed E-state index contributed by atoms with van der Waals surface area (Å²) in [6, 6.07) is 10.5. The van der Waals surface area contributed by atoms with E-state index in [0.29, 0.717) is 16.7 Å². The Morgan fingerprint density at radius 2 is 1.53 bits per heavy atom. The molecule has 0 aromatic heterocycles. The predicted molar refractivity (Wildman–Crippen MR) is 124 cm³/mol. The second kappa shape index (κ2) is 8.79. The third-order valence-corrected chi connectivity index (χ3v) is 7.00. The summed E-state index contributed by atoms with van der Waals surface area (Å²) < 4.78 is 27.3. The van der Waals surface area contributed by atoms with Crippen molar-refractivity contribution in [3.05, 3.63) is 64.7 Å². The molecule has 0 aliphatic carbocycles. The summed E-state index contributed by atoms with van der Waals surface area (Å²) in [5.74, 6) is -1.27. The second-order valence-electron chi connectivity index (χ2n) is 9.66. The zero-order valence-corrected chi connectivity index (χ0v) is 20.0. The van der Waals surface area contributed by atoms with Crippen LogP contribution in [0, 0.1) is 11.3 Å². The van der Waals surface area contributed by atoms with Crippen molar-refractivity contribution in [1.82, 2.24) is 0 Å². The van der Waals surface area contributed by atoms with Crippen LogP contribution in [0.25, 0.3) is 4.91 Å². The van der Waals surface area contributed by atoms with Gasteiger partial charge in [-0.15, -0.1) is 0 Å². The summed E-state index contributed by atoms with van der Waals surface area (Å²) in [5.41, 5.74) is 0.0788. The molecule has 170 valence electrons. The zero-order chi connectivity index (χ0) is 24.5. The van der Waals surface area contributed by atoms with E-state index in [2.05, 4.69) is 0 Å². The molecule has 0 aliphatic rings. The number of rotatable bonds is 5. The molecule has 2 aromatic carbocycles. The molecule has 0 fully saturated rings. The van der Waals surface area contributed by atoms with Crippen LogP contribution in [0.4, 0.5) is 0 Å². The number of nitriles is 1. The molecule has 2 N–H and O–H groups in total. The second-order valence-corrected chi connectivity index (χ2v) is 11.5. The summed E-state index contributed by atoms with van der Waals surface area (Å²) in [6.45, 7) is 11.4. The van der Waals surface area contributed by atoms with Crippen LogP contribution in [0.1, 0.15) is 75.0 Å². The smallest absolute Gasteiger partial charge is 0.337 e. The van der Waals surface area contributed by atoms with Gasteiger partial charge in [0.1, 0.15) is 5.75 Å². The third kappa shape index (κ3) is 5.03. The van der Waals surface area contributed by atoms with Crippen LogP contribution in [-0.4, -0.2) is 24.6 Å². The molecule has 0 aliphatic heterocycles. The van der Waals surface area contributed by atoms with E-state index >= 15 is 0 Å². The average Bonchev–Trinajstić information content (AvgIpc) is 2.67. The number of aromatic hydroxyl groups is 1. The van der Waals surface area contributed by atoms with E-state index in [9.17, 15) is 23.4 Å². The first-order chi connectivity index (χ1) is 14.6. The van der Waals surface area contributed by atoms with Gasteiger partial charge in [-0.3, -0.25) is 0 Å². The van der Waals surface area contributed by atoms with Crippen molar-refractivity contribution in [2.24, 2.45) is 0 Å². The minimum atomic E-state index is -4.29. The highest BCUT2D eigenvalue weighted by Crippen LogP contribution is 2.42. The Labute approximate surface area is 189 Å². The molecule has 0 heterocycles. The molecule has 0 atom stereocenters. The first-order valence-corrected chi connectivity index (χ1v) is 11.6. The Hall–Kier alpha value is -3.11. The van der Waals surface area contributed by atoms with E-state index in [4.69, 9.17) is 5.26 Å². The van der Waals surface area contributed by atoms with Gasteiger partial charge in [-0.2, -0.15) is 5.26 Å². The largest absolute Gasteiger partial charge is 0.507 e. The van der Waals surface area contributed by atoms with E-state index in [0.717, 1.165) is 0 Å². The van der Waals surface area contributed by atoms with Crippen LogP contribution in [-0.2, 0) is 20.7 Å². The van der Waals surface area contributed by atoms with Gasteiger partial charge in [-0.1, -0.05) is 59.8 Å². The molecule has 0 saturated carbocycles. The van der Waals surface area contributed by atoms with Crippen LogP contribution in [0.5, 0.6) is 5.75 Å². The van der Waals surface area contributed by atoms with E-state index in [-0.39, 0.29) is 27.5 Å². The maximum atomic E-state index is 13.7. The fraction of sp³-hybridized carbons (Fsp3) is 0.360. The van der Waals surface area contributed by atoms with Gasteiger partial charge in [0.25, 0.3) is 0 Å². The van der Waals surface area contributed by atoms with Crippen LogP contribution in [0.2, 0.25) is 0 Å². The maximum Gasteiger partial charge on any atom is 0.337 e. The summed E-state index contributed by atoms with van der Waals surface area (Å²) in [6.07, 6.45) is 1.11. The lowest BCUT2D eigenvalue weighted by molar-refractivity contribution is 0.0692. The van der Waals surface area contributed by atoms with Crippen LogP contribution in [0.3, 0.4) is 0 Å². The Balaban J connectivity index is 2.95. The highest BCUT2D eigenvalue weighted by atomic mass is 32.2. The fourth-order valence-electron chi connectivity index (χ4n) is 3.44. The molecule has 7 heteroatoms. The average molecular weight is 456 g/mol. The predicted octanol–water partition coefficient (Wildman–Crippen LogP) is 5.41. The number of phenolic OH excluding ortho intramolecular Hbond substituents is 1. The molecule has 6 nitrogen and oxygen atoms in total. The molecule has 0 amide bonds. The summed E-state index contributed by atoms with van der Waals surface area (Å²) in [7, 11) is -4.29. The SMILES string of the molecule is CC(C)(C)c1cc(/C(=C\CC#N)S(=O)(=O)c2ccccc2C(=O)O)cc(C(C)(C)C)c1O. The molecular formula is C25H29NO5S. The van der Waals surface area contributed by atoms with E-state index < -0.39 is 26.6 Å². The van der Waals surface area contributed by atoms with E-state index in [1.54, 1.807) is 12.1 Å². The Morgan fingerprint density at radius 1 is 1.03 bits per heavy atom. The van der Waals surface area contributed by atoms with Crippen LogP contribution >= 0.6 is 0 Å². The number of carbonyl (C=O) groups is 1. The standard InChI is InChI=1S/C25H29NO5S/c1-24(2,3)18-14-16(15-19(22(18)27)25(4,5)6)20(12-9-13-26)32(30,31)21-11-8-7-10-17(21)23(28)29/h7-8,10-12,14-15,27H,9H2,1-6H3,(H,28,29)/b20-12+. The van der Waals surface area contributed by atoms with Crippen LogP contribution in [0.15, 0.2) is 47.4 Å².